The molecule has 1 aliphatic carbocycles. The van der Waals surface area contributed by atoms with Crippen LogP contribution in [-0.4, -0.2) is 17.7 Å². The summed E-state index contributed by atoms with van der Waals surface area (Å²) < 4.78 is 5.16. The normalized spacial score (nSPS) is 21.8. The van der Waals surface area contributed by atoms with Crippen molar-refractivity contribution < 1.29 is 9.53 Å². The van der Waals surface area contributed by atoms with Crippen LogP contribution in [0, 0.1) is 0 Å². The Balaban J connectivity index is 2.33. The maximum absolute atomic E-state index is 11.4. The predicted octanol–water partition coefficient (Wildman–Crippen LogP) is 2.62. The topological polar surface area (TPSA) is 38.3 Å². The molecule has 14 heavy (non-hydrogen) atoms. The van der Waals surface area contributed by atoms with Gasteiger partial charge in [0.25, 0.3) is 0 Å². The summed E-state index contributed by atoms with van der Waals surface area (Å²) in [5.74, 6) is 0. The SMILES string of the molecule is CC(C)(C)OC(=O)N[C@@H]1C=CCCC1. The summed E-state index contributed by atoms with van der Waals surface area (Å²) in [6, 6.07) is 0.151. The maximum Gasteiger partial charge on any atom is 0.408 e. The highest BCUT2D eigenvalue weighted by Crippen LogP contribution is 2.12. The fourth-order valence-corrected chi connectivity index (χ4v) is 1.39. The average molecular weight is 197 g/mol. The van der Waals surface area contributed by atoms with Crippen molar-refractivity contribution in [1.29, 1.82) is 0 Å². The first-order valence-electron chi connectivity index (χ1n) is 5.13. The monoisotopic (exact) mass is 197 g/mol. The second-order valence-electron chi connectivity index (χ2n) is 4.61. The Morgan fingerprint density at radius 3 is 2.71 bits per heavy atom. The van der Waals surface area contributed by atoms with Crippen LogP contribution in [0.5, 0.6) is 0 Å². The van der Waals surface area contributed by atoms with Crippen LogP contribution in [-0.2, 0) is 4.74 Å². The highest BCUT2D eigenvalue weighted by Gasteiger charge is 2.18. The second-order valence-corrected chi connectivity index (χ2v) is 4.61. The van der Waals surface area contributed by atoms with E-state index in [1.807, 2.05) is 26.8 Å². The smallest absolute Gasteiger partial charge is 0.408 e. The minimum atomic E-state index is -0.414. The fraction of sp³-hybridized carbons (Fsp3) is 0.727. The predicted molar refractivity (Wildman–Crippen MR) is 56.1 cm³/mol. The molecule has 1 rings (SSSR count). The van der Waals surface area contributed by atoms with Crippen LogP contribution in [0.2, 0.25) is 0 Å². The second kappa shape index (κ2) is 4.49. The zero-order valence-electron chi connectivity index (χ0n) is 9.17. The fourth-order valence-electron chi connectivity index (χ4n) is 1.39. The number of allylic oxidation sites excluding steroid dienone is 1. The van der Waals surface area contributed by atoms with E-state index in [9.17, 15) is 4.79 Å². The highest BCUT2D eigenvalue weighted by atomic mass is 16.6. The Morgan fingerprint density at radius 2 is 2.21 bits per heavy atom. The standard InChI is InChI=1S/C11H19NO2/c1-11(2,3)14-10(13)12-9-7-5-4-6-8-9/h5,7,9H,4,6,8H2,1-3H3,(H,12,13)/t9-/m1/s1. The number of rotatable bonds is 1. The van der Waals surface area contributed by atoms with Crippen LogP contribution < -0.4 is 5.32 Å². The van der Waals surface area contributed by atoms with Gasteiger partial charge >= 0.3 is 6.09 Å². The third kappa shape index (κ3) is 4.30. The van der Waals surface area contributed by atoms with Gasteiger partial charge in [-0.1, -0.05) is 12.2 Å². The van der Waals surface area contributed by atoms with E-state index in [4.69, 9.17) is 4.74 Å². The summed E-state index contributed by atoms with van der Waals surface area (Å²) in [6.45, 7) is 5.59. The van der Waals surface area contributed by atoms with Gasteiger partial charge < -0.3 is 10.1 Å². The lowest BCUT2D eigenvalue weighted by atomic mass is 10.0. The molecule has 0 aromatic rings. The molecule has 3 nitrogen and oxygen atoms in total. The summed E-state index contributed by atoms with van der Waals surface area (Å²) >= 11 is 0. The molecule has 0 radical (unpaired) electrons. The van der Waals surface area contributed by atoms with E-state index in [2.05, 4.69) is 11.4 Å². The molecule has 0 spiro atoms. The molecule has 0 saturated carbocycles. The van der Waals surface area contributed by atoms with E-state index in [1.165, 1.54) is 0 Å². The third-order valence-electron chi connectivity index (χ3n) is 1.96. The van der Waals surface area contributed by atoms with Crippen LogP contribution in [0.15, 0.2) is 12.2 Å². The van der Waals surface area contributed by atoms with Crippen molar-refractivity contribution in [3.63, 3.8) is 0 Å². The van der Waals surface area contributed by atoms with E-state index in [0.717, 1.165) is 19.3 Å². The summed E-state index contributed by atoms with van der Waals surface area (Å²) in [4.78, 5) is 11.4. The lowest BCUT2D eigenvalue weighted by molar-refractivity contribution is 0.0511. The maximum atomic E-state index is 11.4. The minimum absolute atomic E-state index is 0.151. The molecule has 0 bridgehead atoms. The molecule has 0 saturated heterocycles. The van der Waals surface area contributed by atoms with Crippen LogP contribution in [0.25, 0.3) is 0 Å². The molecule has 0 heterocycles. The van der Waals surface area contributed by atoms with E-state index in [0.29, 0.717) is 0 Å². The van der Waals surface area contributed by atoms with Gasteiger partial charge in [-0.2, -0.15) is 0 Å². The Kier molecular flexibility index (Phi) is 3.55. The van der Waals surface area contributed by atoms with Crippen LogP contribution in [0.3, 0.4) is 0 Å². The Hall–Kier alpha value is -0.990. The van der Waals surface area contributed by atoms with Gasteiger partial charge in [-0.15, -0.1) is 0 Å². The molecular formula is C11H19NO2. The van der Waals surface area contributed by atoms with Crippen LogP contribution in [0.1, 0.15) is 40.0 Å². The molecular weight excluding hydrogens is 178 g/mol. The van der Waals surface area contributed by atoms with Crippen molar-refractivity contribution in [3.8, 4) is 0 Å². The Labute approximate surface area is 85.5 Å². The molecule has 1 aliphatic rings. The highest BCUT2D eigenvalue weighted by molar-refractivity contribution is 5.68. The molecule has 1 N–H and O–H groups in total. The Bertz CT molecular complexity index is 228. The number of carbonyl (C=O) groups is 1. The first-order valence-corrected chi connectivity index (χ1v) is 5.13. The van der Waals surface area contributed by atoms with Gasteiger partial charge in [0.1, 0.15) is 5.60 Å². The molecule has 1 amide bonds. The lowest BCUT2D eigenvalue weighted by Crippen LogP contribution is -2.38. The number of alkyl carbamates (subject to hydrolysis) is 1. The summed E-state index contributed by atoms with van der Waals surface area (Å²) in [5, 5.41) is 2.83. The molecule has 0 fully saturated rings. The first kappa shape index (κ1) is 11.1. The summed E-state index contributed by atoms with van der Waals surface area (Å²) in [7, 11) is 0. The van der Waals surface area contributed by atoms with Crippen molar-refractivity contribution in [1.82, 2.24) is 5.32 Å². The largest absolute Gasteiger partial charge is 0.444 e. The van der Waals surface area contributed by atoms with Gasteiger partial charge in [0.05, 0.1) is 6.04 Å². The number of nitrogens with one attached hydrogen (secondary N) is 1. The summed E-state index contributed by atoms with van der Waals surface area (Å²) in [5.41, 5.74) is -0.414. The number of amides is 1. The average Bonchev–Trinajstić information content (AvgIpc) is 2.02. The van der Waals surface area contributed by atoms with Gasteiger partial charge in [0.15, 0.2) is 0 Å². The number of ether oxygens (including phenoxy) is 1. The van der Waals surface area contributed by atoms with Crippen molar-refractivity contribution in [2.24, 2.45) is 0 Å². The van der Waals surface area contributed by atoms with Crippen molar-refractivity contribution in [2.75, 3.05) is 0 Å². The molecule has 80 valence electrons. The van der Waals surface area contributed by atoms with Crippen LogP contribution >= 0.6 is 0 Å². The Morgan fingerprint density at radius 1 is 1.50 bits per heavy atom. The van der Waals surface area contributed by atoms with Gasteiger partial charge in [0, 0.05) is 0 Å². The third-order valence-corrected chi connectivity index (χ3v) is 1.96. The zero-order chi connectivity index (χ0) is 10.6. The van der Waals surface area contributed by atoms with Crippen molar-refractivity contribution in [2.45, 2.75) is 51.7 Å². The molecule has 3 heteroatoms. The van der Waals surface area contributed by atoms with Crippen molar-refractivity contribution in [3.05, 3.63) is 12.2 Å². The van der Waals surface area contributed by atoms with E-state index in [-0.39, 0.29) is 12.1 Å². The van der Waals surface area contributed by atoms with E-state index in [1.54, 1.807) is 0 Å². The minimum Gasteiger partial charge on any atom is -0.444 e. The van der Waals surface area contributed by atoms with Gasteiger partial charge in [-0.3, -0.25) is 0 Å². The van der Waals surface area contributed by atoms with Crippen LogP contribution in [0.4, 0.5) is 4.79 Å². The lowest BCUT2D eigenvalue weighted by Gasteiger charge is -2.23. The molecule has 1 atom stereocenters. The molecule has 0 unspecified atom stereocenters. The number of hydrogen-bond acceptors (Lipinski definition) is 2. The number of hydrogen-bond donors (Lipinski definition) is 1. The zero-order valence-corrected chi connectivity index (χ0v) is 9.17. The van der Waals surface area contributed by atoms with Gasteiger partial charge in [-0.25, -0.2) is 4.79 Å². The van der Waals surface area contributed by atoms with E-state index < -0.39 is 5.60 Å². The quantitative estimate of drug-likeness (QED) is 0.656. The van der Waals surface area contributed by atoms with Crippen molar-refractivity contribution >= 4 is 6.09 Å². The summed E-state index contributed by atoms with van der Waals surface area (Å²) in [6.07, 6.45) is 7.08. The molecule has 0 aromatic heterocycles. The first-order chi connectivity index (χ1) is 6.47. The van der Waals surface area contributed by atoms with E-state index >= 15 is 0 Å². The number of carbonyl (C=O) groups excluding carboxylic acids is 1. The van der Waals surface area contributed by atoms with Gasteiger partial charge in [-0.05, 0) is 40.0 Å². The molecule has 0 aromatic carbocycles. The van der Waals surface area contributed by atoms with Gasteiger partial charge in [0.2, 0.25) is 0 Å². The molecule has 0 aliphatic heterocycles.